The Balaban J connectivity index is 0. The lowest BCUT2D eigenvalue weighted by Gasteiger charge is -2.04. The first-order chi connectivity index (χ1) is 18.6. The Bertz CT molecular complexity index is 1000. The van der Waals surface area contributed by atoms with E-state index in [1.54, 1.807) is 58.9 Å². The highest BCUT2D eigenvalue weighted by Gasteiger charge is 2.31. The number of benzene rings is 1. The van der Waals surface area contributed by atoms with Crippen LogP contribution in [0.3, 0.4) is 0 Å². The first-order valence-corrected chi connectivity index (χ1v) is 15.2. The zero-order valence-electron chi connectivity index (χ0n) is 24.0. The van der Waals surface area contributed by atoms with Crippen LogP contribution in [-0.2, 0) is 14.4 Å². The molecule has 0 atom stereocenters. The number of carbonyl (C=O) groups excluding carboxylic acids is 4. The van der Waals surface area contributed by atoms with Gasteiger partial charge in [-0.15, -0.1) is 6.58 Å². The van der Waals surface area contributed by atoms with Crippen LogP contribution in [0, 0.1) is 0 Å². The summed E-state index contributed by atoms with van der Waals surface area (Å²) in [7, 11) is 4.88. The summed E-state index contributed by atoms with van der Waals surface area (Å²) in [6.45, 7) is 14.8. The molecule has 0 aromatic heterocycles. The predicted molar refractivity (Wildman–Crippen MR) is 163 cm³/mol. The molecular formula is C29H42N2O6S2. The van der Waals surface area contributed by atoms with Crippen molar-refractivity contribution in [2.45, 2.75) is 60.8 Å². The summed E-state index contributed by atoms with van der Waals surface area (Å²) < 4.78 is 0. The highest BCUT2D eigenvalue weighted by molar-refractivity contribution is 8.76. The number of aliphatic carboxylic acids is 1. The third-order valence-electron chi connectivity index (χ3n) is 4.72. The van der Waals surface area contributed by atoms with Gasteiger partial charge in [-0.25, -0.2) is 0 Å². The first-order valence-electron chi connectivity index (χ1n) is 12.7. The highest BCUT2D eigenvalue weighted by Crippen LogP contribution is 2.22. The molecule has 39 heavy (non-hydrogen) atoms. The third kappa shape index (κ3) is 14.6. The van der Waals surface area contributed by atoms with Crippen LogP contribution in [0.4, 0.5) is 0 Å². The number of rotatable bonds is 8. The number of hydrogen-bond donors (Lipinski definition) is 2. The molecule has 216 valence electrons. The molecule has 0 fully saturated rings. The van der Waals surface area contributed by atoms with Crippen molar-refractivity contribution in [1.29, 1.82) is 0 Å². The maximum atomic E-state index is 11.2. The molecule has 3 rings (SSSR count). The number of allylic oxidation sites excluding steroid dienone is 3. The summed E-state index contributed by atoms with van der Waals surface area (Å²) in [6.07, 6.45) is 7.87. The highest BCUT2D eigenvalue weighted by atomic mass is 33.1. The van der Waals surface area contributed by atoms with Crippen molar-refractivity contribution in [1.82, 2.24) is 10.2 Å². The number of nitrogens with zero attached hydrogens (tertiary/aromatic N) is 1. The minimum atomic E-state index is -0.712. The van der Waals surface area contributed by atoms with Gasteiger partial charge in [-0.1, -0.05) is 72.7 Å². The van der Waals surface area contributed by atoms with Crippen molar-refractivity contribution in [3.05, 3.63) is 71.3 Å². The molecule has 0 bridgehead atoms. The van der Waals surface area contributed by atoms with E-state index in [0.717, 1.165) is 17.1 Å². The predicted octanol–water partition coefficient (Wildman–Crippen LogP) is 6.31. The number of nitrogens with one attached hydrogen (secondary N) is 1. The maximum Gasteiger partial charge on any atom is 0.304 e. The number of imide groups is 2. The number of amides is 4. The number of carbonyl (C=O) groups is 5. The van der Waals surface area contributed by atoms with Gasteiger partial charge in [0.2, 0.25) is 0 Å². The molecule has 0 radical (unpaired) electrons. The Morgan fingerprint density at radius 1 is 1.00 bits per heavy atom. The lowest BCUT2D eigenvalue weighted by Crippen LogP contribution is -2.26. The Morgan fingerprint density at radius 3 is 1.85 bits per heavy atom. The summed E-state index contributed by atoms with van der Waals surface area (Å²) in [5, 5.41) is 10.5. The monoisotopic (exact) mass is 578 g/mol. The zero-order chi connectivity index (χ0) is 30.4. The molecular weight excluding hydrogens is 536 g/mol. The number of fused-ring (bicyclic) bond motifs is 1. The van der Waals surface area contributed by atoms with Crippen molar-refractivity contribution >= 4 is 51.2 Å². The molecule has 2 aliphatic heterocycles. The van der Waals surface area contributed by atoms with Gasteiger partial charge < -0.3 is 5.11 Å². The van der Waals surface area contributed by atoms with Gasteiger partial charge in [-0.05, 0) is 45.7 Å². The van der Waals surface area contributed by atoms with Crippen molar-refractivity contribution in [3.8, 4) is 0 Å². The van der Waals surface area contributed by atoms with Gasteiger partial charge in [0.25, 0.3) is 23.6 Å². The summed E-state index contributed by atoms with van der Waals surface area (Å²) in [4.78, 5) is 55.5. The van der Waals surface area contributed by atoms with Gasteiger partial charge in [-0.2, -0.15) is 0 Å². The molecule has 2 heterocycles. The van der Waals surface area contributed by atoms with Gasteiger partial charge in [0.1, 0.15) is 0 Å². The molecule has 1 aromatic rings. The maximum absolute atomic E-state index is 11.2. The van der Waals surface area contributed by atoms with Crippen molar-refractivity contribution in [3.63, 3.8) is 0 Å². The minimum Gasteiger partial charge on any atom is -0.481 e. The fraction of sp³-hybridized carbons (Fsp3) is 0.414. The second kappa shape index (κ2) is 22.8. The Labute approximate surface area is 240 Å². The lowest BCUT2D eigenvalue weighted by molar-refractivity contribution is -0.137. The standard InChI is InChI=1S/C8H5NO2.C8H11NO2.C8H14O2S2.C3H6.C2H6/c10-7-5-3-1-2-4-6(5)8(11)9-7;1-4-6-5(2)7(10)9(3)8(6)11;1-2-3-4-6-11-12-7-5-8(9)10;1-3-2;1-2/h1-4H,(H,9,10,11);4H2,1-3H3;2-3H,4-7H2,1H3,(H,9,10);3H,1H2,2H3;1-2H3/b;;3-2-;;. The third-order valence-corrected chi connectivity index (χ3v) is 7.16. The largest absolute Gasteiger partial charge is 0.481 e. The van der Waals surface area contributed by atoms with E-state index in [2.05, 4.69) is 18.0 Å². The lowest BCUT2D eigenvalue weighted by atomic mass is 10.1. The number of carboxylic acids is 1. The minimum absolute atomic E-state index is 0.144. The smallest absolute Gasteiger partial charge is 0.304 e. The normalized spacial score (nSPS) is 13.2. The van der Waals surface area contributed by atoms with Crippen LogP contribution in [0.2, 0.25) is 0 Å². The molecule has 0 saturated carbocycles. The van der Waals surface area contributed by atoms with Gasteiger partial charge in [0.15, 0.2) is 0 Å². The van der Waals surface area contributed by atoms with E-state index in [1.807, 2.05) is 40.7 Å². The van der Waals surface area contributed by atoms with Crippen LogP contribution in [-0.4, -0.2) is 58.2 Å². The van der Waals surface area contributed by atoms with Crippen LogP contribution in [0.5, 0.6) is 0 Å². The van der Waals surface area contributed by atoms with E-state index in [4.69, 9.17) is 5.11 Å². The van der Waals surface area contributed by atoms with E-state index in [9.17, 15) is 24.0 Å². The van der Waals surface area contributed by atoms with Crippen molar-refractivity contribution in [2.24, 2.45) is 0 Å². The molecule has 1 aromatic carbocycles. The second-order valence-corrected chi connectivity index (χ2v) is 10.2. The molecule has 0 spiro atoms. The average Bonchev–Trinajstić information content (AvgIpc) is 3.32. The van der Waals surface area contributed by atoms with E-state index in [-0.39, 0.29) is 30.0 Å². The van der Waals surface area contributed by atoms with Gasteiger partial charge >= 0.3 is 5.97 Å². The average molecular weight is 579 g/mol. The Morgan fingerprint density at radius 2 is 1.49 bits per heavy atom. The molecule has 0 saturated heterocycles. The summed E-state index contributed by atoms with van der Waals surface area (Å²) in [5.74, 6) is 0.152. The van der Waals surface area contributed by atoms with Crippen molar-refractivity contribution < 1.29 is 29.1 Å². The molecule has 10 heteroatoms. The fourth-order valence-corrected chi connectivity index (χ4v) is 4.87. The quantitative estimate of drug-likeness (QED) is 0.159. The molecule has 0 unspecified atom stereocenters. The molecule has 2 aliphatic rings. The van der Waals surface area contributed by atoms with Crippen LogP contribution in [0.25, 0.3) is 0 Å². The zero-order valence-corrected chi connectivity index (χ0v) is 25.7. The summed E-state index contributed by atoms with van der Waals surface area (Å²) in [6, 6.07) is 6.74. The number of likely N-dealkylation sites (N-methyl/N-ethyl adjacent to an activating group) is 1. The van der Waals surface area contributed by atoms with E-state index >= 15 is 0 Å². The van der Waals surface area contributed by atoms with Crippen molar-refractivity contribution in [2.75, 3.05) is 18.6 Å². The van der Waals surface area contributed by atoms with Crippen LogP contribution < -0.4 is 5.32 Å². The topological polar surface area (TPSA) is 121 Å². The summed E-state index contributed by atoms with van der Waals surface area (Å²) >= 11 is 0. The summed E-state index contributed by atoms with van der Waals surface area (Å²) in [5.41, 5.74) is 2.19. The number of hydrogen-bond acceptors (Lipinski definition) is 7. The van der Waals surface area contributed by atoms with E-state index in [0.29, 0.717) is 34.4 Å². The molecule has 4 amide bonds. The van der Waals surface area contributed by atoms with E-state index in [1.165, 1.54) is 7.05 Å². The first kappa shape index (κ1) is 38.0. The SMILES string of the molecule is C/C=C\CCSSCCC(=O)O.C=CC.CC.CCC1=C(C)C(=O)N(C)C1=O.O=C1NC(=O)c2ccccc21. The van der Waals surface area contributed by atoms with Gasteiger partial charge in [0.05, 0.1) is 17.5 Å². The van der Waals surface area contributed by atoms with Crippen LogP contribution in [0.1, 0.15) is 81.5 Å². The molecule has 2 N–H and O–H groups in total. The number of carboxylic acid groups (broad SMARTS) is 1. The van der Waals surface area contributed by atoms with Crippen LogP contribution >= 0.6 is 21.6 Å². The fourth-order valence-electron chi connectivity index (χ4n) is 2.90. The van der Waals surface area contributed by atoms with E-state index < -0.39 is 5.97 Å². The second-order valence-electron chi connectivity index (χ2n) is 7.51. The van der Waals surface area contributed by atoms with Gasteiger partial charge in [-0.3, -0.25) is 34.2 Å². The Kier molecular flexibility index (Phi) is 22.3. The van der Waals surface area contributed by atoms with Crippen LogP contribution in [0.15, 0.2) is 60.2 Å². The van der Waals surface area contributed by atoms with Gasteiger partial charge in [0, 0.05) is 29.7 Å². The molecule has 0 aliphatic carbocycles. The Hall–Kier alpha value is -3.11. The molecule has 8 nitrogen and oxygen atoms in total.